The number of hydrogen-bond donors (Lipinski definition) is 4. The Labute approximate surface area is 194 Å². The molecule has 1 aliphatic carbocycles. The Morgan fingerprint density at radius 3 is 2.88 bits per heavy atom. The van der Waals surface area contributed by atoms with E-state index in [9.17, 15) is 24.8 Å². The minimum Gasteiger partial charge on any atom is -0.387 e. The van der Waals surface area contributed by atoms with Crippen molar-refractivity contribution >= 4 is 35.5 Å². The van der Waals surface area contributed by atoms with Crippen LogP contribution in [0.15, 0.2) is 24.4 Å². The third-order valence-electron chi connectivity index (χ3n) is 5.92. The Bertz CT molecular complexity index is 1170. The second-order valence-corrected chi connectivity index (χ2v) is 8.02. The molecule has 0 unspecified atom stereocenters. The van der Waals surface area contributed by atoms with Gasteiger partial charge in [-0.3, -0.25) is 19.8 Å². The lowest BCUT2D eigenvalue weighted by Gasteiger charge is -2.57. The summed E-state index contributed by atoms with van der Waals surface area (Å²) < 4.78 is 5.01. The molecule has 12 heteroatoms. The van der Waals surface area contributed by atoms with Gasteiger partial charge in [-0.15, -0.1) is 0 Å². The molecule has 34 heavy (non-hydrogen) atoms. The van der Waals surface area contributed by atoms with E-state index in [2.05, 4.69) is 25.9 Å². The van der Waals surface area contributed by atoms with Gasteiger partial charge >= 0.3 is 6.03 Å². The van der Waals surface area contributed by atoms with Crippen molar-refractivity contribution in [2.24, 2.45) is 0 Å². The Morgan fingerprint density at radius 2 is 2.21 bits per heavy atom. The first-order chi connectivity index (χ1) is 16.4. The molecule has 1 saturated carbocycles. The van der Waals surface area contributed by atoms with E-state index in [4.69, 9.17) is 4.74 Å². The normalized spacial score (nSPS) is 19.8. The van der Waals surface area contributed by atoms with E-state index < -0.39 is 24.1 Å². The number of nitriles is 1. The van der Waals surface area contributed by atoms with Gasteiger partial charge < -0.3 is 20.5 Å². The van der Waals surface area contributed by atoms with Crippen molar-refractivity contribution in [3.8, 4) is 6.07 Å². The Balaban J connectivity index is 1.61. The number of amides is 3. The molecule has 0 radical (unpaired) electrons. The molecule has 1 fully saturated rings. The summed E-state index contributed by atoms with van der Waals surface area (Å²) in [6.07, 6.45) is 2.81. The van der Waals surface area contributed by atoms with Gasteiger partial charge in [-0.2, -0.15) is 5.26 Å². The lowest BCUT2D eigenvalue weighted by atomic mass is 9.64. The summed E-state index contributed by atoms with van der Waals surface area (Å²) >= 11 is 0. The van der Waals surface area contributed by atoms with Crippen molar-refractivity contribution in [3.05, 3.63) is 41.2 Å². The predicted octanol–water partition coefficient (Wildman–Crippen LogP) is 0.737. The second kappa shape index (κ2) is 9.42. The average molecular weight is 465 g/mol. The molecule has 4 heterocycles. The van der Waals surface area contributed by atoms with Crippen LogP contribution in [0, 0.1) is 11.3 Å². The van der Waals surface area contributed by atoms with Crippen LogP contribution in [-0.4, -0.2) is 66.2 Å². The first-order valence-electron chi connectivity index (χ1n) is 10.6. The first kappa shape index (κ1) is 23.1. The lowest BCUT2D eigenvalue weighted by Crippen LogP contribution is -2.67. The Hall–Kier alpha value is -4.08. The van der Waals surface area contributed by atoms with E-state index in [0.717, 1.165) is 0 Å². The summed E-state index contributed by atoms with van der Waals surface area (Å²) in [6.45, 7) is 0.238. The summed E-state index contributed by atoms with van der Waals surface area (Å²) in [4.78, 5) is 46.4. The highest BCUT2D eigenvalue weighted by molar-refractivity contribution is 6.03. The maximum Gasteiger partial charge on any atom is 0.328 e. The van der Waals surface area contributed by atoms with Gasteiger partial charge in [0.2, 0.25) is 5.91 Å². The number of hydrogen-bond acceptors (Lipinski definition) is 9. The fourth-order valence-corrected chi connectivity index (χ4v) is 4.36. The number of rotatable bonds is 8. The van der Waals surface area contributed by atoms with E-state index in [1.165, 1.54) is 17.2 Å². The van der Waals surface area contributed by atoms with E-state index >= 15 is 0 Å². The highest BCUT2D eigenvalue weighted by Gasteiger charge is 2.57. The smallest absolute Gasteiger partial charge is 0.328 e. The number of urea groups is 1. The van der Waals surface area contributed by atoms with Crippen LogP contribution in [0.3, 0.4) is 0 Å². The molecule has 176 valence electrons. The SMILES string of the molecule is COCCNc1cc(NC(=O)N2c3nc(C=O)ccc3C3(NC(=O)CO)CC2C3)ncc1C#N. The molecule has 0 saturated heterocycles. The maximum absolute atomic E-state index is 13.3. The zero-order valence-corrected chi connectivity index (χ0v) is 18.4. The third kappa shape index (κ3) is 4.14. The molecular weight excluding hydrogens is 442 g/mol. The Kier molecular flexibility index (Phi) is 6.40. The van der Waals surface area contributed by atoms with Gasteiger partial charge in [-0.25, -0.2) is 14.8 Å². The fourth-order valence-electron chi connectivity index (χ4n) is 4.36. The van der Waals surface area contributed by atoms with Gasteiger partial charge in [0.1, 0.15) is 30.0 Å². The summed E-state index contributed by atoms with van der Waals surface area (Å²) in [7, 11) is 1.57. The minimum atomic E-state index is -0.754. The van der Waals surface area contributed by atoms with Crippen molar-refractivity contribution in [2.75, 3.05) is 42.4 Å². The molecule has 3 aliphatic rings. The van der Waals surface area contributed by atoms with Crippen LogP contribution in [0.25, 0.3) is 0 Å². The number of ether oxygens (including phenoxy) is 1. The van der Waals surface area contributed by atoms with Crippen LogP contribution in [0.2, 0.25) is 0 Å². The number of carbonyl (C=O) groups is 3. The number of nitrogens with one attached hydrogen (secondary N) is 3. The highest BCUT2D eigenvalue weighted by atomic mass is 16.5. The van der Waals surface area contributed by atoms with Crippen LogP contribution < -0.4 is 20.9 Å². The monoisotopic (exact) mass is 465 g/mol. The zero-order valence-electron chi connectivity index (χ0n) is 18.4. The molecule has 0 atom stereocenters. The number of aliphatic hydroxyl groups is 1. The third-order valence-corrected chi connectivity index (χ3v) is 5.92. The number of pyridine rings is 2. The molecule has 5 rings (SSSR count). The van der Waals surface area contributed by atoms with Crippen molar-refractivity contribution in [2.45, 2.75) is 24.4 Å². The summed E-state index contributed by atoms with van der Waals surface area (Å²) in [5.74, 6) is -0.0475. The number of aromatic nitrogens is 2. The average Bonchev–Trinajstić information content (AvgIpc) is 2.83. The molecule has 2 aliphatic heterocycles. The van der Waals surface area contributed by atoms with Gasteiger partial charge in [-0.05, 0) is 18.9 Å². The number of anilines is 3. The molecular formula is C22H23N7O5. The predicted molar refractivity (Wildman–Crippen MR) is 120 cm³/mol. The summed E-state index contributed by atoms with van der Waals surface area (Å²) in [5, 5.41) is 27.1. The number of aldehydes is 1. The van der Waals surface area contributed by atoms with Crippen LogP contribution in [0.5, 0.6) is 0 Å². The molecule has 2 aromatic rings. The summed E-state index contributed by atoms with van der Waals surface area (Å²) in [6, 6.07) is 6.00. The van der Waals surface area contributed by atoms with E-state index in [1.807, 2.05) is 6.07 Å². The van der Waals surface area contributed by atoms with Crippen molar-refractivity contribution in [1.82, 2.24) is 15.3 Å². The van der Waals surface area contributed by atoms with Crippen molar-refractivity contribution in [3.63, 3.8) is 0 Å². The second-order valence-electron chi connectivity index (χ2n) is 8.02. The van der Waals surface area contributed by atoms with Gasteiger partial charge in [0.25, 0.3) is 0 Å². The number of carbonyl (C=O) groups excluding carboxylic acids is 3. The lowest BCUT2D eigenvalue weighted by molar-refractivity contribution is -0.127. The maximum atomic E-state index is 13.3. The van der Waals surface area contributed by atoms with Gasteiger partial charge in [0.05, 0.1) is 23.4 Å². The van der Waals surface area contributed by atoms with E-state index in [0.29, 0.717) is 49.1 Å². The standard InChI is InChI=1S/C22H23N7O5/c1-34-5-4-24-17-6-18(25-10-13(17)9-23)27-21(33)29-15-7-22(8-15,28-19(32)12-31)16-3-2-14(11-30)26-20(16)29/h2-3,6,10-11,15,31H,4-5,7-8,12H2,1H3,(H,28,32)(H2,24,25,27,33). The zero-order chi connectivity index (χ0) is 24.3. The first-order valence-corrected chi connectivity index (χ1v) is 10.6. The van der Waals surface area contributed by atoms with Crippen molar-refractivity contribution < 1.29 is 24.2 Å². The van der Waals surface area contributed by atoms with Crippen LogP contribution in [-0.2, 0) is 15.1 Å². The molecule has 12 nitrogen and oxygen atoms in total. The molecule has 2 bridgehead atoms. The highest BCUT2D eigenvalue weighted by Crippen LogP contribution is 2.53. The number of nitrogens with zero attached hydrogens (tertiary/aromatic N) is 4. The largest absolute Gasteiger partial charge is 0.387 e. The Morgan fingerprint density at radius 1 is 1.41 bits per heavy atom. The van der Waals surface area contributed by atoms with Gasteiger partial charge in [0.15, 0.2) is 6.29 Å². The number of methoxy groups -OCH3 is 1. The van der Waals surface area contributed by atoms with Crippen LogP contribution in [0.1, 0.15) is 34.5 Å². The summed E-state index contributed by atoms with van der Waals surface area (Å²) in [5.41, 5.74) is 0.795. The van der Waals surface area contributed by atoms with Gasteiger partial charge in [0, 0.05) is 37.5 Å². The van der Waals surface area contributed by atoms with E-state index in [-0.39, 0.29) is 23.4 Å². The molecule has 2 aromatic heterocycles. The topological polar surface area (TPSA) is 170 Å². The quantitative estimate of drug-likeness (QED) is 0.324. The number of aliphatic hydroxyl groups excluding tert-OH is 1. The van der Waals surface area contributed by atoms with E-state index in [1.54, 1.807) is 19.2 Å². The van der Waals surface area contributed by atoms with Crippen LogP contribution >= 0.6 is 0 Å². The fraction of sp³-hybridized carbons (Fsp3) is 0.364. The molecule has 3 amide bonds. The van der Waals surface area contributed by atoms with Crippen molar-refractivity contribution in [1.29, 1.82) is 5.26 Å². The van der Waals surface area contributed by atoms with Crippen LogP contribution in [0.4, 0.5) is 22.1 Å². The molecule has 0 spiro atoms. The minimum absolute atomic E-state index is 0.141. The molecule has 4 N–H and O–H groups in total. The van der Waals surface area contributed by atoms with Gasteiger partial charge in [-0.1, -0.05) is 6.07 Å². The molecule has 0 aromatic carbocycles.